The number of esters is 1. The molecule has 3 fully saturated rings. The van der Waals surface area contributed by atoms with Gasteiger partial charge in [-0.25, -0.2) is 4.68 Å². The van der Waals surface area contributed by atoms with Crippen LogP contribution in [0.25, 0.3) is 11.0 Å². The zero-order valence-corrected chi connectivity index (χ0v) is 23.4. The van der Waals surface area contributed by atoms with Crippen LogP contribution in [0.4, 0.5) is 0 Å². The van der Waals surface area contributed by atoms with Crippen molar-refractivity contribution in [3.05, 3.63) is 49.6 Å². The minimum absolute atomic E-state index is 0.0473. The molecule has 12 heteroatoms. The molecule has 0 radical (unpaired) electrons. The highest BCUT2D eigenvalue weighted by Crippen LogP contribution is 2.68. The zero-order valence-electron chi connectivity index (χ0n) is 21.0. The highest BCUT2D eigenvalue weighted by Gasteiger charge is 2.76. The maximum absolute atomic E-state index is 14.4. The Kier molecular flexibility index (Phi) is 7.40. The molecular formula is C26H30BrN5O5S. The van der Waals surface area contributed by atoms with Gasteiger partial charge < -0.3 is 19.6 Å². The van der Waals surface area contributed by atoms with Crippen LogP contribution < -0.4 is 0 Å². The zero-order chi connectivity index (χ0) is 27.2. The number of nitrogens with zero attached hydrogens (tertiary/aromatic N) is 5. The fourth-order valence-corrected chi connectivity index (χ4v) is 9.73. The summed E-state index contributed by atoms with van der Waals surface area (Å²) in [5.41, 5.74) is 1.48. The van der Waals surface area contributed by atoms with Crippen LogP contribution in [0.5, 0.6) is 0 Å². The van der Waals surface area contributed by atoms with Gasteiger partial charge in [-0.2, -0.15) is 0 Å². The molecule has 1 N–H and O–H groups in total. The van der Waals surface area contributed by atoms with Crippen LogP contribution in [0.3, 0.4) is 0 Å². The summed E-state index contributed by atoms with van der Waals surface area (Å²) in [5, 5.41) is 18.3. The van der Waals surface area contributed by atoms with Crippen LogP contribution in [0.15, 0.2) is 49.6 Å². The topological polar surface area (TPSA) is 118 Å². The van der Waals surface area contributed by atoms with Crippen molar-refractivity contribution in [1.82, 2.24) is 24.8 Å². The van der Waals surface area contributed by atoms with Crippen LogP contribution in [0.2, 0.25) is 0 Å². The first-order valence-corrected chi connectivity index (χ1v) is 14.3. The van der Waals surface area contributed by atoms with Gasteiger partial charge in [0.2, 0.25) is 11.8 Å². The number of fused-ring (bicyclic) bond motifs is 2. The predicted octanol–water partition coefficient (Wildman–Crippen LogP) is 1.98. The molecule has 0 saturated carbocycles. The van der Waals surface area contributed by atoms with Gasteiger partial charge in [-0.3, -0.25) is 14.4 Å². The van der Waals surface area contributed by atoms with Gasteiger partial charge in [0.1, 0.15) is 24.8 Å². The minimum atomic E-state index is -0.885. The molecule has 3 saturated heterocycles. The second kappa shape index (κ2) is 10.5. The molecule has 3 unspecified atom stereocenters. The average Bonchev–Trinajstić information content (AvgIpc) is 3.63. The van der Waals surface area contributed by atoms with E-state index in [-0.39, 0.29) is 48.3 Å². The number of rotatable bonds is 10. The number of alkyl halides is 1. The number of amides is 2. The van der Waals surface area contributed by atoms with E-state index in [0.29, 0.717) is 11.9 Å². The van der Waals surface area contributed by atoms with Gasteiger partial charge in [-0.15, -0.1) is 23.4 Å². The monoisotopic (exact) mass is 603 g/mol. The number of carbonyl (C=O) groups is 3. The SMILES string of the molecule is C=CCOC(=O)[C@H]1[C@H]2C(=O)N([C@H](C)CO)C(C(=O)N(CC=C)Cn3nnc4ccccc43)C23CC(Br)[C@@H]1S3. The van der Waals surface area contributed by atoms with Gasteiger partial charge in [0.25, 0.3) is 0 Å². The van der Waals surface area contributed by atoms with E-state index in [1.165, 1.54) is 22.7 Å². The second-order valence-electron chi connectivity index (χ2n) is 9.93. The molecule has 3 aliphatic rings. The molecule has 2 bridgehead atoms. The molecule has 1 aromatic heterocycles. The number of halogens is 1. The largest absolute Gasteiger partial charge is 0.461 e. The molecule has 7 atom stereocenters. The van der Waals surface area contributed by atoms with Crippen LogP contribution in [-0.2, 0) is 25.8 Å². The number of benzene rings is 1. The summed E-state index contributed by atoms with van der Waals surface area (Å²) in [5.74, 6) is -2.49. The van der Waals surface area contributed by atoms with Crippen molar-refractivity contribution in [3.63, 3.8) is 0 Å². The maximum atomic E-state index is 14.4. The standard InChI is InChI=1S/C26H30BrN5O5S/c1-4-10-30(14-31-18-9-7-6-8-17(18)28-29-31)24(35)22-26-12-16(27)21(38-26)19(25(36)37-11-5-2)20(26)23(34)32(22)15(3)13-33/h4-9,15-16,19-22,33H,1-2,10-14H2,3H3/t15-,16?,19+,20+,21+,22?,26?/m1/s1. The van der Waals surface area contributed by atoms with Crippen molar-refractivity contribution in [2.45, 2.75) is 46.9 Å². The summed E-state index contributed by atoms with van der Waals surface area (Å²) >= 11 is 5.25. The number of aliphatic hydroxyl groups excluding tert-OH is 1. The summed E-state index contributed by atoms with van der Waals surface area (Å²) in [6.07, 6.45) is 3.65. The number of hydrogen-bond donors (Lipinski definition) is 1. The fourth-order valence-electron chi connectivity index (χ4n) is 6.15. The third kappa shape index (κ3) is 4.08. The first-order chi connectivity index (χ1) is 18.3. The summed E-state index contributed by atoms with van der Waals surface area (Å²) in [7, 11) is 0. The number of thioether (sulfide) groups is 1. The third-order valence-corrected chi connectivity index (χ3v) is 10.9. The van der Waals surface area contributed by atoms with Gasteiger partial charge in [0.15, 0.2) is 0 Å². The Bertz CT molecular complexity index is 1290. The highest BCUT2D eigenvalue weighted by molar-refractivity contribution is 9.09. The molecule has 1 spiro atoms. The number of likely N-dealkylation sites (tertiary alicyclic amines) is 1. The maximum Gasteiger partial charge on any atom is 0.311 e. The van der Waals surface area contributed by atoms with Crippen molar-refractivity contribution in [2.24, 2.45) is 11.8 Å². The smallest absolute Gasteiger partial charge is 0.311 e. The Morgan fingerprint density at radius 1 is 1.37 bits per heavy atom. The van der Waals surface area contributed by atoms with Gasteiger partial charge >= 0.3 is 5.97 Å². The van der Waals surface area contributed by atoms with Crippen LogP contribution >= 0.6 is 27.7 Å². The normalized spacial score (nSPS) is 30.3. The van der Waals surface area contributed by atoms with E-state index >= 15 is 0 Å². The van der Waals surface area contributed by atoms with E-state index in [9.17, 15) is 19.5 Å². The Balaban J connectivity index is 1.54. The lowest BCUT2D eigenvalue weighted by Crippen LogP contribution is -2.57. The summed E-state index contributed by atoms with van der Waals surface area (Å²) in [4.78, 5) is 44.6. The minimum Gasteiger partial charge on any atom is -0.461 e. The first-order valence-electron chi connectivity index (χ1n) is 12.5. The second-order valence-corrected chi connectivity index (χ2v) is 12.6. The van der Waals surface area contributed by atoms with Crippen molar-refractivity contribution in [2.75, 3.05) is 19.8 Å². The Morgan fingerprint density at radius 2 is 2.13 bits per heavy atom. The molecule has 5 rings (SSSR count). The van der Waals surface area contributed by atoms with Crippen molar-refractivity contribution in [3.8, 4) is 0 Å². The number of carbonyl (C=O) groups excluding carboxylic acids is 3. The van der Waals surface area contributed by atoms with E-state index in [1.807, 2.05) is 24.3 Å². The van der Waals surface area contributed by atoms with Gasteiger partial charge in [-0.05, 0) is 25.5 Å². The average molecular weight is 605 g/mol. The van der Waals surface area contributed by atoms with Crippen LogP contribution in [-0.4, -0.2) is 94.4 Å². The van der Waals surface area contributed by atoms with Gasteiger partial charge in [-0.1, -0.05) is 52.0 Å². The molecule has 4 heterocycles. The van der Waals surface area contributed by atoms with Crippen molar-refractivity contribution >= 4 is 56.5 Å². The number of aromatic nitrogens is 3. The van der Waals surface area contributed by atoms with E-state index in [1.54, 1.807) is 22.6 Å². The number of para-hydroxylation sites is 1. The summed E-state index contributed by atoms with van der Waals surface area (Å²) in [6, 6.07) is 5.96. The Morgan fingerprint density at radius 3 is 2.84 bits per heavy atom. The lowest BCUT2D eigenvalue weighted by molar-refractivity contribution is -0.153. The Labute approximate surface area is 233 Å². The van der Waals surface area contributed by atoms with E-state index < -0.39 is 34.6 Å². The van der Waals surface area contributed by atoms with Gasteiger partial charge in [0.05, 0.1) is 34.7 Å². The van der Waals surface area contributed by atoms with Crippen LogP contribution in [0, 0.1) is 11.8 Å². The molecule has 2 amide bonds. The quantitative estimate of drug-likeness (QED) is 0.249. The Hall–Kier alpha value is -2.70. The van der Waals surface area contributed by atoms with E-state index in [4.69, 9.17) is 4.74 Å². The van der Waals surface area contributed by atoms with Crippen molar-refractivity contribution < 1.29 is 24.2 Å². The molecular weight excluding hydrogens is 574 g/mol. The lowest BCUT2D eigenvalue weighted by atomic mass is 9.71. The predicted molar refractivity (Wildman–Crippen MR) is 146 cm³/mol. The molecule has 202 valence electrons. The summed E-state index contributed by atoms with van der Waals surface area (Å²) in [6.45, 7) is 9.21. The molecule has 0 aliphatic carbocycles. The molecule has 10 nitrogen and oxygen atoms in total. The number of hydrogen-bond acceptors (Lipinski definition) is 8. The fraction of sp³-hybridized carbons (Fsp3) is 0.500. The van der Waals surface area contributed by atoms with Gasteiger partial charge in [0, 0.05) is 16.6 Å². The van der Waals surface area contributed by atoms with Crippen LogP contribution in [0.1, 0.15) is 13.3 Å². The first kappa shape index (κ1) is 26.9. The molecule has 2 aromatic rings. The van der Waals surface area contributed by atoms with E-state index in [0.717, 1.165) is 5.52 Å². The molecule has 38 heavy (non-hydrogen) atoms. The van der Waals surface area contributed by atoms with Crippen molar-refractivity contribution in [1.29, 1.82) is 0 Å². The highest BCUT2D eigenvalue weighted by atomic mass is 79.9. The number of ether oxygens (including phenoxy) is 1. The lowest BCUT2D eigenvalue weighted by Gasteiger charge is -2.39. The molecule has 3 aliphatic heterocycles. The van der Waals surface area contributed by atoms with E-state index in [2.05, 4.69) is 39.4 Å². The third-order valence-electron chi connectivity index (χ3n) is 7.70. The molecule has 1 aromatic carbocycles. The number of aliphatic hydroxyl groups is 1. The summed E-state index contributed by atoms with van der Waals surface area (Å²) < 4.78 is 6.20.